The van der Waals surface area contributed by atoms with Crippen LogP contribution in [0.25, 0.3) is 0 Å². The van der Waals surface area contributed by atoms with Crippen molar-refractivity contribution in [3.8, 4) is 11.5 Å². The van der Waals surface area contributed by atoms with Gasteiger partial charge in [-0.05, 0) is 86.3 Å². The molecule has 202 valence electrons. The summed E-state index contributed by atoms with van der Waals surface area (Å²) in [5, 5.41) is 10.6. The fraction of sp³-hybridized carbons (Fsp3) is 0.438. The summed E-state index contributed by atoms with van der Waals surface area (Å²) in [4.78, 5) is 4.75. The number of halogens is 2. The van der Waals surface area contributed by atoms with Crippen LogP contribution in [0.4, 0.5) is 10.1 Å². The third-order valence-corrected chi connectivity index (χ3v) is 8.68. The first kappa shape index (κ1) is 26.8. The third kappa shape index (κ3) is 6.27. The molecular formula is C32H38ClFN2O2. The molecule has 5 rings (SSSR count). The summed E-state index contributed by atoms with van der Waals surface area (Å²) in [5.74, 6) is 0.791. The molecule has 1 heterocycles. The number of likely N-dealkylation sites (tertiary alicyclic amines) is 1. The molecule has 0 aromatic heterocycles. The fourth-order valence-corrected chi connectivity index (χ4v) is 6.37. The molecule has 0 unspecified atom stereocenters. The van der Waals surface area contributed by atoms with Gasteiger partial charge in [0.2, 0.25) is 0 Å². The molecule has 3 aromatic carbocycles. The molecule has 0 atom stereocenters. The van der Waals surface area contributed by atoms with Crippen LogP contribution < -0.4 is 9.64 Å². The summed E-state index contributed by atoms with van der Waals surface area (Å²) < 4.78 is 21.2. The van der Waals surface area contributed by atoms with E-state index in [-0.39, 0.29) is 17.0 Å². The van der Waals surface area contributed by atoms with E-state index in [9.17, 15) is 5.11 Å². The van der Waals surface area contributed by atoms with Gasteiger partial charge in [-0.25, -0.2) is 4.39 Å². The molecule has 0 radical (unpaired) electrons. The van der Waals surface area contributed by atoms with E-state index in [0.29, 0.717) is 24.7 Å². The molecule has 4 nitrogen and oxygen atoms in total. The quantitative estimate of drug-likeness (QED) is 0.290. The Balaban J connectivity index is 1.37. The van der Waals surface area contributed by atoms with Gasteiger partial charge in [-0.1, -0.05) is 61.2 Å². The maximum atomic E-state index is 15.1. The highest BCUT2D eigenvalue weighted by Crippen LogP contribution is 2.44. The van der Waals surface area contributed by atoms with Crippen LogP contribution in [0.1, 0.15) is 56.1 Å². The van der Waals surface area contributed by atoms with Gasteiger partial charge in [-0.3, -0.25) is 4.90 Å². The van der Waals surface area contributed by atoms with Gasteiger partial charge in [-0.15, -0.1) is 0 Å². The van der Waals surface area contributed by atoms with Crippen LogP contribution in [-0.4, -0.2) is 42.8 Å². The standard InChI is InChI=1S/C32H38ClFN2O2/c33-31-25(9-8-12-30(31)37)23-36(24-32(17-4-5-18-32)28-10-2-3-11-29(28)34)26-13-15-27(16-14-26)38-22-21-35-19-6-1-7-20-35/h2-3,8-16,37H,1,4-7,17-24H2. The van der Waals surface area contributed by atoms with Crippen molar-refractivity contribution in [1.29, 1.82) is 0 Å². The molecule has 38 heavy (non-hydrogen) atoms. The lowest BCUT2D eigenvalue weighted by Crippen LogP contribution is -2.39. The Kier molecular flexibility index (Phi) is 8.75. The van der Waals surface area contributed by atoms with E-state index in [1.54, 1.807) is 18.2 Å². The smallest absolute Gasteiger partial charge is 0.134 e. The number of benzene rings is 3. The van der Waals surface area contributed by atoms with Gasteiger partial charge in [0, 0.05) is 30.7 Å². The number of nitrogens with zero attached hydrogens (tertiary/aromatic N) is 2. The number of phenols is 1. The highest BCUT2D eigenvalue weighted by molar-refractivity contribution is 6.32. The summed E-state index contributed by atoms with van der Waals surface area (Å²) in [6.07, 6.45) is 7.94. The molecule has 0 bridgehead atoms. The van der Waals surface area contributed by atoms with Crippen LogP contribution in [0.2, 0.25) is 5.02 Å². The molecule has 1 aliphatic carbocycles. The second-order valence-electron chi connectivity index (χ2n) is 10.8. The van der Waals surface area contributed by atoms with E-state index in [2.05, 4.69) is 21.9 Å². The average molecular weight is 537 g/mol. The number of hydrogen-bond donors (Lipinski definition) is 1. The van der Waals surface area contributed by atoms with Gasteiger partial charge in [0.05, 0.1) is 5.02 Å². The number of anilines is 1. The summed E-state index contributed by atoms with van der Waals surface area (Å²) in [7, 11) is 0. The van der Waals surface area contributed by atoms with E-state index in [4.69, 9.17) is 16.3 Å². The van der Waals surface area contributed by atoms with Gasteiger partial charge >= 0.3 is 0 Å². The number of aromatic hydroxyl groups is 1. The molecule has 3 aromatic rings. The van der Waals surface area contributed by atoms with Crippen molar-refractivity contribution in [3.05, 3.63) is 88.7 Å². The van der Waals surface area contributed by atoms with Crippen molar-refractivity contribution in [1.82, 2.24) is 4.90 Å². The lowest BCUT2D eigenvalue weighted by atomic mass is 9.78. The van der Waals surface area contributed by atoms with Crippen LogP contribution in [-0.2, 0) is 12.0 Å². The first-order chi connectivity index (χ1) is 18.5. The maximum Gasteiger partial charge on any atom is 0.134 e. The number of phenolic OH excluding ortho intramolecular Hbond substituents is 1. The van der Waals surface area contributed by atoms with Crippen molar-refractivity contribution in [2.75, 3.05) is 37.7 Å². The van der Waals surface area contributed by atoms with Gasteiger partial charge < -0.3 is 14.7 Å². The van der Waals surface area contributed by atoms with Gasteiger partial charge in [0.15, 0.2) is 0 Å². The molecule has 1 saturated carbocycles. The first-order valence-corrected chi connectivity index (χ1v) is 14.3. The second-order valence-corrected chi connectivity index (χ2v) is 11.2. The Morgan fingerprint density at radius 2 is 1.63 bits per heavy atom. The molecule has 2 aliphatic rings. The maximum absolute atomic E-state index is 15.1. The number of hydrogen-bond acceptors (Lipinski definition) is 4. The minimum atomic E-state index is -0.280. The van der Waals surface area contributed by atoms with E-state index < -0.39 is 0 Å². The largest absolute Gasteiger partial charge is 0.506 e. The first-order valence-electron chi connectivity index (χ1n) is 14.0. The van der Waals surface area contributed by atoms with Crippen LogP contribution >= 0.6 is 11.6 Å². The lowest BCUT2D eigenvalue weighted by Gasteiger charge is -2.38. The SMILES string of the molecule is Oc1cccc(CN(CC2(c3ccccc3F)CCCC2)c2ccc(OCCN3CCCCC3)cc2)c1Cl. The van der Waals surface area contributed by atoms with Crippen LogP contribution in [0.5, 0.6) is 11.5 Å². The van der Waals surface area contributed by atoms with Crippen molar-refractivity contribution in [2.45, 2.75) is 56.9 Å². The van der Waals surface area contributed by atoms with Gasteiger partial charge in [0.1, 0.15) is 23.9 Å². The topological polar surface area (TPSA) is 35.9 Å². The average Bonchev–Trinajstić information content (AvgIpc) is 3.41. The van der Waals surface area contributed by atoms with Crippen LogP contribution in [0, 0.1) is 5.82 Å². The lowest BCUT2D eigenvalue weighted by molar-refractivity contribution is 0.183. The van der Waals surface area contributed by atoms with Crippen molar-refractivity contribution in [2.24, 2.45) is 0 Å². The molecule has 1 aliphatic heterocycles. The summed E-state index contributed by atoms with van der Waals surface area (Å²) in [6.45, 7) is 5.14. The number of ether oxygens (including phenoxy) is 1. The zero-order valence-corrected chi connectivity index (χ0v) is 22.8. The van der Waals surface area contributed by atoms with Crippen molar-refractivity contribution >= 4 is 17.3 Å². The van der Waals surface area contributed by atoms with Crippen molar-refractivity contribution < 1.29 is 14.2 Å². The van der Waals surface area contributed by atoms with Crippen LogP contribution in [0.15, 0.2) is 66.7 Å². The zero-order valence-electron chi connectivity index (χ0n) is 22.0. The van der Waals surface area contributed by atoms with E-state index in [1.165, 1.54) is 32.4 Å². The van der Waals surface area contributed by atoms with Crippen molar-refractivity contribution in [3.63, 3.8) is 0 Å². The van der Waals surface area contributed by atoms with E-state index in [0.717, 1.165) is 54.8 Å². The fourth-order valence-electron chi connectivity index (χ4n) is 6.18. The Morgan fingerprint density at radius 3 is 2.37 bits per heavy atom. The highest BCUT2D eigenvalue weighted by Gasteiger charge is 2.39. The molecule has 1 N–H and O–H groups in total. The number of piperidine rings is 1. The highest BCUT2D eigenvalue weighted by atomic mass is 35.5. The van der Waals surface area contributed by atoms with E-state index in [1.807, 2.05) is 36.4 Å². The molecule has 1 saturated heterocycles. The predicted octanol–water partition coefficient (Wildman–Crippen LogP) is 7.57. The summed E-state index contributed by atoms with van der Waals surface area (Å²) >= 11 is 6.50. The zero-order chi connectivity index (χ0) is 26.4. The molecule has 0 amide bonds. The Labute approximate surface area is 231 Å². The number of rotatable bonds is 10. The molecule has 2 fully saturated rings. The van der Waals surface area contributed by atoms with Crippen LogP contribution in [0.3, 0.4) is 0 Å². The second kappa shape index (κ2) is 12.4. The summed E-state index contributed by atoms with van der Waals surface area (Å²) in [6, 6.07) is 20.8. The Morgan fingerprint density at radius 1 is 0.895 bits per heavy atom. The third-order valence-electron chi connectivity index (χ3n) is 8.25. The predicted molar refractivity (Wildman–Crippen MR) is 153 cm³/mol. The monoisotopic (exact) mass is 536 g/mol. The summed E-state index contributed by atoms with van der Waals surface area (Å²) in [5.41, 5.74) is 2.38. The molecular weight excluding hydrogens is 499 g/mol. The molecule has 0 spiro atoms. The minimum Gasteiger partial charge on any atom is -0.506 e. The van der Waals surface area contributed by atoms with E-state index >= 15 is 4.39 Å². The normalized spacial score (nSPS) is 17.4. The Bertz CT molecular complexity index is 1190. The van der Waals surface area contributed by atoms with Gasteiger partial charge in [-0.2, -0.15) is 0 Å². The molecule has 6 heteroatoms. The van der Waals surface area contributed by atoms with Gasteiger partial charge in [0.25, 0.3) is 0 Å². The minimum absolute atomic E-state index is 0.0752. The Hall–Kier alpha value is -2.76.